The molecule has 0 saturated carbocycles. The minimum atomic E-state index is -0.460. The number of H-pyrrole nitrogens is 1. The number of nitrogens with zero attached hydrogens (tertiary/aromatic N) is 5. The van der Waals surface area contributed by atoms with Crippen LogP contribution in [0.1, 0.15) is 11.1 Å². The van der Waals surface area contributed by atoms with Crippen molar-refractivity contribution in [1.29, 1.82) is 0 Å². The molecule has 4 rings (SSSR count). The highest BCUT2D eigenvalue weighted by Gasteiger charge is 2.13. The summed E-state index contributed by atoms with van der Waals surface area (Å²) in [6.07, 6.45) is 1.51. The van der Waals surface area contributed by atoms with Crippen molar-refractivity contribution < 1.29 is 4.92 Å². The van der Waals surface area contributed by atoms with Gasteiger partial charge in [-0.1, -0.05) is 76.4 Å². The zero-order valence-corrected chi connectivity index (χ0v) is 21.9. The molecule has 182 valence electrons. The standard InChI is InChI=1S/C23H14Cl4N6O2S/c24-17-9-6-14(10-19(17)26)20(30-28-11-15-2-1-3-18(25)21(15)27)12-36-23-29-22(31-32-23)13-4-7-16(8-5-13)33(34)35/h1-11H,12H2,(H,29,31,32)/b28-11+,30-20+. The van der Waals surface area contributed by atoms with Gasteiger partial charge in [-0.05, 0) is 30.3 Å². The summed E-state index contributed by atoms with van der Waals surface area (Å²) in [5.41, 5.74) is 2.60. The van der Waals surface area contributed by atoms with Crippen molar-refractivity contribution in [2.24, 2.45) is 10.2 Å². The van der Waals surface area contributed by atoms with Crippen molar-refractivity contribution in [2.75, 3.05) is 5.75 Å². The molecule has 1 aromatic heterocycles. The lowest BCUT2D eigenvalue weighted by atomic mass is 10.1. The summed E-state index contributed by atoms with van der Waals surface area (Å²) in [4.78, 5) is 14.9. The first-order chi connectivity index (χ1) is 17.3. The van der Waals surface area contributed by atoms with E-state index in [0.29, 0.717) is 53.7 Å². The quantitative estimate of drug-likeness (QED) is 0.0999. The first-order valence-electron chi connectivity index (χ1n) is 10.1. The summed E-state index contributed by atoms with van der Waals surface area (Å²) in [5, 5.41) is 28.5. The van der Waals surface area contributed by atoms with Gasteiger partial charge in [-0.25, -0.2) is 4.98 Å². The van der Waals surface area contributed by atoms with E-state index in [2.05, 4.69) is 25.4 Å². The fourth-order valence-corrected chi connectivity index (χ4v) is 4.35. The second kappa shape index (κ2) is 11.9. The Morgan fingerprint density at radius 2 is 1.81 bits per heavy atom. The summed E-state index contributed by atoms with van der Waals surface area (Å²) in [5.74, 6) is 0.838. The van der Waals surface area contributed by atoms with Crippen molar-refractivity contribution in [2.45, 2.75) is 5.16 Å². The fourth-order valence-electron chi connectivity index (χ4n) is 2.94. The van der Waals surface area contributed by atoms with E-state index in [0.717, 1.165) is 5.56 Å². The second-order valence-corrected chi connectivity index (χ2v) is 9.66. The third-order valence-electron chi connectivity index (χ3n) is 4.76. The number of hydrogen-bond donors (Lipinski definition) is 1. The van der Waals surface area contributed by atoms with Crippen LogP contribution in [-0.2, 0) is 0 Å². The van der Waals surface area contributed by atoms with E-state index in [4.69, 9.17) is 46.4 Å². The van der Waals surface area contributed by atoms with Gasteiger partial charge in [-0.3, -0.25) is 15.2 Å². The zero-order valence-electron chi connectivity index (χ0n) is 18.0. The number of aromatic nitrogens is 3. The Kier molecular flexibility index (Phi) is 8.60. The van der Waals surface area contributed by atoms with Crippen LogP contribution in [0.15, 0.2) is 76.0 Å². The van der Waals surface area contributed by atoms with Gasteiger partial charge >= 0.3 is 0 Å². The molecule has 13 heteroatoms. The number of halogens is 4. The van der Waals surface area contributed by atoms with Gasteiger partial charge in [0.05, 0.1) is 36.9 Å². The van der Waals surface area contributed by atoms with Gasteiger partial charge < -0.3 is 0 Å². The van der Waals surface area contributed by atoms with Crippen LogP contribution in [0.3, 0.4) is 0 Å². The van der Waals surface area contributed by atoms with Crippen molar-refractivity contribution in [3.63, 3.8) is 0 Å². The number of nitro groups is 1. The second-order valence-electron chi connectivity index (χ2n) is 7.12. The molecule has 1 N–H and O–H groups in total. The number of nitrogens with one attached hydrogen (secondary N) is 1. The van der Waals surface area contributed by atoms with Crippen LogP contribution in [0.4, 0.5) is 5.69 Å². The Labute approximate surface area is 229 Å². The summed E-state index contributed by atoms with van der Waals surface area (Å²) >= 11 is 25.9. The van der Waals surface area contributed by atoms with Crippen LogP contribution in [-0.4, -0.2) is 37.8 Å². The maximum absolute atomic E-state index is 10.9. The number of non-ortho nitro benzene ring substituents is 1. The molecule has 0 aliphatic rings. The van der Waals surface area contributed by atoms with Crippen LogP contribution in [0.5, 0.6) is 0 Å². The lowest BCUT2D eigenvalue weighted by molar-refractivity contribution is -0.384. The van der Waals surface area contributed by atoms with E-state index in [1.165, 1.54) is 30.1 Å². The average molecular weight is 580 g/mol. The number of aromatic amines is 1. The molecule has 0 radical (unpaired) electrons. The maximum Gasteiger partial charge on any atom is 0.269 e. The van der Waals surface area contributed by atoms with Crippen LogP contribution in [0, 0.1) is 10.1 Å². The van der Waals surface area contributed by atoms with E-state index >= 15 is 0 Å². The lowest BCUT2D eigenvalue weighted by Gasteiger charge is -2.05. The molecule has 3 aromatic carbocycles. The number of rotatable bonds is 8. The molecule has 0 fully saturated rings. The summed E-state index contributed by atoms with van der Waals surface area (Å²) in [6.45, 7) is 0. The Morgan fingerprint density at radius 3 is 2.53 bits per heavy atom. The molecule has 4 aromatic rings. The third-order valence-corrected chi connectivity index (χ3v) is 7.20. The van der Waals surface area contributed by atoms with E-state index in [1.807, 2.05) is 0 Å². The van der Waals surface area contributed by atoms with Gasteiger partial charge in [0.25, 0.3) is 5.69 Å². The third kappa shape index (κ3) is 6.43. The van der Waals surface area contributed by atoms with Crippen molar-refractivity contribution >= 4 is 75.8 Å². The van der Waals surface area contributed by atoms with Crippen molar-refractivity contribution in [3.8, 4) is 11.4 Å². The molecule has 0 bridgehead atoms. The van der Waals surface area contributed by atoms with Crippen molar-refractivity contribution in [3.05, 3.63) is 102 Å². The van der Waals surface area contributed by atoms with Gasteiger partial charge in [-0.2, -0.15) is 10.2 Å². The fraction of sp³-hybridized carbons (Fsp3) is 0.0435. The molecule has 0 aliphatic carbocycles. The number of nitro benzene ring substituents is 1. The van der Waals surface area contributed by atoms with Crippen LogP contribution < -0.4 is 0 Å². The minimum Gasteiger partial charge on any atom is -0.258 e. The highest BCUT2D eigenvalue weighted by Crippen LogP contribution is 2.27. The van der Waals surface area contributed by atoms with Crippen LogP contribution in [0.25, 0.3) is 11.4 Å². The molecular formula is C23H14Cl4N6O2S. The Hall–Kier alpha value is -2.95. The molecule has 8 nitrogen and oxygen atoms in total. The van der Waals surface area contributed by atoms with Gasteiger partial charge in [0, 0.05) is 34.6 Å². The molecule has 0 unspecified atom stereocenters. The number of benzene rings is 3. The van der Waals surface area contributed by atoms with E-state index in [9.17, 15) is 10.1 Å². The van der Waals surface area contributed by atoms with E-state index in [-0.39, 0.29) is 5.69 Å². The molecule has 36 heavy (non-hydrogen) atoms. The van der Waals surface area contributed by atoms with Gasteiger partial charge in [0.1, 0.15) is 0 Å². The maximum atomic E-state index is 10.9. The number of thioether (sulfide) groups is 1. The first kappa shape index (κ1) is 26.1. The van der Waals surface area contributed by atoms with Crippen molar-refractivity contribution in [1.82, 2.24) is 15.2 Å². The summed E-state index contributed by atoms with van der Waals surface area (Å²) in [6, 6.07) is 16.4. The van der Waals surface area contributed by atoms with Gasteiger partial charge in [0.15, 0.2) is 5.82 Å². The van der Waals surface area contributed by atoms with E-state index in [1.54, 1.807) is 48.5 Å². The highest BCUT2D eigenvalue weighted by molar-refractivity contribution is 7.99. The molecule has 0 spiro atoms. The predicted octanol–water partition coefficient (Wildman–Crippen LogP) is 7.61. The minimum absolute atomic E-state index is 0.00467. The first-order valence-corrected chi connectivity index (χ1v) is 12.6. The topological polar surface area (TPSA) is 109 Å². The highest BCUT2D eigenvalue weighted by atomic mass is 35.5. The van der Waals surface area contributed by atoms with Crippen LogP contribution in [0.2, 0.25) is 20.1 Å². The smallest absolute Gasteiger partial charge is 0.258 e. The van der Waals surface area contributed by atoms with Gasteiger partial charge in [0.2, 0.25) is 5.16 Å². The van der Waals surface area contributed by atoms with E-state index < -0.39 is 4.92 Å². The Bertz CT molecular complexity index is 1470. The van der Waals surface area contributed by atoms with Crippen LogP contribution >= 0.6 is 58.2 Å². The Morgan fingerprint density at radius 1 is 1.03 bits per heavy atom. The molecule has 0 amide bonds. The lowest BCUT2D eigenvalue weighted by Crippen LogP contribution is -2.05. The molecule has 0 aliphatic heterocycles. The normalized spacial score (nSPS) is 11.8. The molecule has 0 atom stereocenters. The largest absolute Gasteiger partial charge is 0.269 e. The summed E-state index contributed by atoms with van der Waals surface area (Å²) < 4.78 is 0. The Balaban J connectivity index is 1.55. The molecular weight excluding hydrogens is 566 g/mol. The SMILES string of the molecule is O=[N+]([O-])c1ccc(-c2nc(SC/C(=N\N=C\c3cccc(Cl)c3Cl)c3ccc(Cl)c(Cl)c3)n[nH]2)cc1. The summed E-state index contributed by atoms with van der Waals surface area (Å²) in [7, 11) is 0. The molecule has 1 heterocycles. The van der Waals surface area contributed by atoms with Gasteiger partial charge in [-0.15, -0.1) is 5.10 Å². The zero-order chi connectivity index (χ0) is 25.7. The number of hydrogen-bond acceptors (Lipinski definition) is 7. The monoisotopic (exact) mass is 578 g/mol. The molecule has 0 saturated heterocycles. The average Bonchev–Trinajstić information content (AvgIpc) is 3.34. The predicted molar refractivity (Wildman–Crippen MR) is 146 cm³/mol.